The first-order chi connectivity index (χ1) is 16.4. The maximum atomic E-state index is 13.3. The highest BCUT2D eigenvalue weighted by molar-refractivity contribution is 5.97. The van der Waals surface area contributed by atoms with Gasteiger partial charge in [-0.25, -0.2) is 0 Å². The Morgan fingerprint density at radius 2 is 1.62 bits per heavy atom. The van der Waals surface area contributed by atoms with E-state index >= 15 is 0 Å². The summed E-state index contributed by atoms with van der Waals surface area (Å²) in [4.78, 5) is 26.1. The number of rotatable bonds is 8. The van der Waals surface area contributed by atoms with Crippen molar-refractivity contribution in [2.75, 3.05) is 13.7 Å². The van der Waals surface area contributed by atoms with Crippen LogP contribution >= 0.6 is 0 Å². The fourth-order valence-electron chi connectivity index (χ4n) is 3.56. The Bertz CT molecular complexity index is 1370. The van der Waals surface area contributed by atoms with Crippen LogP contribution < -0.4 is 19.6 Å². The van der Waals surface area contributed by atoms with E-state index in [-0.39, 0.29) is 35.4 Å². The van der Waals surface area contributed by atoms with Crippen LogP contribution in [-0.2, 0) is 0 Å². The number of hydrogen-bond acceptors (Lipinski definition) is 6. The van der Waals surface area contributed by atoms with Crippen molar-refractivity contribution >= 4 is 16.8 Å². The second-order valence-corrected chi connectivity index (χ2v) is 8.22. The van der Waals surface area contributed by atoms with Crippen molar-refractivity contribution in [2.45, 2.75) is 26.9 Å². The first kappa shape index (κ1) is 23.1. The maximum absolute atomic E-state index is 13.3. The summed E-state index contributed by atoms with van der Waals surface area (Å²) in [5.41, 5.74) is 2.18. The minimum Gasteiger partial charge on any atom is -0.497 e. The summed E-state index contributed by atoms with van der Waals surface area (Å²) in [6.07, 6.45) is 0.0391. The Kier molecular flexibility index (Phi) is 6.68. The van der Waals surface area contributed by atoms with E-state index in [1.54, 1.807) is 67.8 Å². The third-order valence-corrected chi connectivity index (χ3v) is 5.25. The molecule has 0 aliphatic rings. The van der Waals surface area contributed by atoms with Gasteiger partial charge in [-0.05, 0) is 87.0 Å². The van der Waals surface area contributed by atoms with Crippen LogP contribution in [0.2, 0.25) is 0 Å². The first-order valence-corrected chi connectivity index (χ1v) is 11.0. The topological polar surface area (TPSA) is 75.0 Å². The molecule has 0 spiro atoms. The fraction of sp³-hybridized carbons (Fsp3) is 0.214. The van der Waals surface area contributed by atoms with Crippen LogP contribution in [0.5, 0.6) is 17.2 Å². The Hall–Kier alpha value is -4.06. The molecule has 0 amide bonds. The molecule has 0 N–H and O–H groups in total. The van der Waals surface area contributed by atoms with Gasteiger partial charge in [0.1, 0.15) is 17.1 Å². The number of fused-ring (bicyclic) bond motifs is 1. The van der Waals surface area contributed by atoms with Crippen molar-refractivity contribution in [1.82, 2.24) is 0 Å². The van der Waals surface area contributed by atoms with E-state index in [1.165, 1.54) is 0 Å². The summed E-state index contributed by atoms with van der Waals surface area (Å²) < 4.78 is 22.8. The third kappa shape index (κ3) is 4.96. The number of methoxy groups -OCH3 is 1. The molecule has 0 saturated heterocycles. The molecule has 0 atom stereocenters. The van der Waals surface area contributed by atoms with Gasteiger partial charge in [-0.1, -0.05) is 6.07 Å². The SMILES string of the molecule is COc1ccc(-c2oc3cc(C)ccc3c(=O)c2OCC(=O)c2ccc(OC(C)C)cc2)cc1. The summed E-state index contributed by atoms with van der Waals surface area (Å²) in [5.74, 6) is 1.35. The van der Waals surface area contributed by atoms with Gasteiger partial charge in [-0.3, -0.25) is 9.59 Å². The van der Waals surface area contributed by atoms with Gasteiger partial charge in [0.05, 0.1) is 18.6 Å². The third-order valence-electron chi connectivity index (χ3n) is 5.25. The number of benzene rings is 3. The lowest BCUT2D eigenvalue weighted by Gasteiger charge is -2.13. The van der Waals surface area contributed by atoms with Gasteiger partial charge in [0, 0.05) is 11.1 Å². The Morgan fingerprint density at radius 1 is 0.941 bits per heavy atom. The molecule has 0 saturated carbocycles. The van der Waals surface area contributed by atoms with Crippen LogP contribution in [-0.4, -0.2) is 25.6 Å². The largest absolute Gasteiger partial charge is 0.497 e. The average Bonchev–Trinajstić information content (AvgIpc) is 2.83. The smallest absolute Gasteiger partial charge is 0.235 e. The van der Waals surface area contributed by atoms with Crippen LogP contribution in [0, 0.1) is 6.92 Å². The molecule has 174 valence electrons. The van der Waals surface area contributed by atoms with Crippen LogP contribution in [0.3, 0.4) is 0 Å². The van der Waals surface area contributed by atoms with E-state index in [4.69, 9.17) is 18.6 Å². The van der Waals surface area contributed by atoms with Crippen LogP contribution in [0.4, 0.5) is 0 Å². The van der Waals surface area contributed by atoms with Crippen molar-refractivity contribution in [3.8, 4) is 28.6 Å². The number of aryl methyl sites for hydroxylation is 1. The molecule has 34 heavy (non-hydrogen) atoms. The van der Waals surface area contributed by atoms with Crippen LogP contribution in [0.15, 0.2) is 75.9 Å². The second kappa shape index (κ2) is 9.83. The van der Waals surface area contributed by atoms with E-state index in [0.717, 1.165) is 5.56 Å². The maximum Gasteiger partial charge on any atom is 0.235 e. The number of carbonyl (C=O) groups excluding carboxylic acids is 1. The van der Waals surface area contributed by atoms with Gasteiger partial charge < -0.3 is 18.6 Å². The van der Waals surface area contributed by atoms with Gasteiger partial charge in [0.15, 0.2) is 18.2 Å². The molecule has 4 aromatic rings. The molecular formula is C28H26O6. The molecule has 0 bridgehead atoms. The zero-order valence-corrected chi connectivity index (χ0v) is 19.6. The van der Waals surface area contributed by atoms with E-state index < -0.39 is 0 Å². The average molecular weight is 459 g/mol. The van der Waals surface area contributed by atoms with E-state index in [9.17, 15) is 9.59 Å². The molecule has 0 unspecified atom stereocenters. The van der Waals surface area contributed by atoms with E-state index in [2.05, 4.69) is 0 Å². The summed E-state index contributed by atoms with van der Waals surface area (Å²) in [6.45, 7) is 5.48. The molecule has 3 aromatic carbocycles. The molecule has 0 aliphatic heterocycles. The highest BCUT2D eigenvalue weighted by Gasteiger charge is 2.19. The van der Waals surface area contributed by atoms with Crippen molar-refractivity contribution in [2.24, 2.45) is 0 Å². The van der Waals surface area contributed by atoms with E-state index in [0.29, 0.717) is 33.6 Å². The molecule has 6 nitrogen and oxygen atoms in total. The van der Waals surface area contributed by atoms with Gasteiger partial charge in [0.25, 0.3) is 0 Å². The highest BCUT2D eigenvalue weighted by Crippen LogP contribution is 2.32. The second-order valence-electron chi connectivity index (χ2n) is 8.22. The normalized spacial score (nSPS) is 11.0. The van der Waals surface area contributed by atoms with E-state index in [1.807, 2.05) is 26.8 Å². The summed E-state index contributed by atoms with van der Waals surface area (Å²) in [5, 5.41) is 0.389. The van der Waals surface area contributed by atoms with Gasteiger partial charge in [-0.15, -0.1) is 0 Å². The first-order valence-electron chi connectivity index (χ1n) is 11.0. The number of carbonyl (C=O) groups is 1. The Morgan fingerprint density at radius 3 is 2.26 bits per heavy atom. The highest BCUT2D eigenvalue weighted by atomic mass is 16.5. The molecule has 0 fully saturated rings. The minimum absolute atomic E-state index is 0.00497. The van der Waals surface area contributed by atoms with Gasteiger partial charge in [0.2, 0.25) is 11.2 Å². The van der Waals surface area contributed by atoms with Gasteiger partial charge >= 0.3 is 0 Å². The predicted molar refractivity (Wildman–Crippen MR) is 131 cm³/mol. The number of hydrogen-bond donors (Lipinski definition) is 0. The zero-order valence-electron chi connectivity index (χ0n) is 19.6. The monoisotopic (exact) mass is 458 g/mol. The van der Waals surface area contributed by atoms with Crippen molar-refractivity contribution in [3.05, 3.63) is 88.1 Å². The molecule has 0 aliphatic carbocycles. The van der Waals surface area contributed by atoms with Crippen molar-refractivity contribution < 1.29 is 23.4 Å². The lowest BCUT2D eigenvalue weighted by Crippen LogP contribution is -2.17. The summed E-state index contributed by atoms with van der Waals surface area (Å²) >= 11 is 0. The quantitative estimate of drug-likeness (QED) is 0.310. The lowest BCUT2D eigenvalue weighted by molar-refractivity contribution is 0.0920. The number of ether oxygens (including phenoxy) is 3. The number of Topliss-reactive ketones (excluding diaryl/α,β-unsaturated/α-hetero) is 1. The molecule has 1 aromatic heterocycles. The molecule has 0 radical (unpaired) electrons. The van der Waals surface area contributed by atoms with Crippen molar-refractivity contribution in [1.29, 1.82) is 0 Å². The Labute approximate surface area is 197 Å². The fourth-order valence-corrected chi connectivity index (χ4v) is 3.56. The van der Waals surface area contributed by atoms with Crippen LogP contribution in [0.25, 0.3) is 22.3 Å². The molecule has 1 heterocycles. The molecular weight excluding hydrogens is 432 g/mol. The van der Waals surface area contributed by atoms with Crippen LogP contribution in [0.1, 0.15) is 29.8 Å². The number of ketones is 1. The molecule has 6 heteroatoms. The lowest BCUT2D eigenvalue weighted by atomic mass is 10.1. The predicted octanol–water partition coefficient (Wildman–Crippen LogP) is 5.83. The molecule has 4 rings (SSSR count). The minimum atomic E-state index is -0.333. The summed E-state index contributed by atoms with van der Waals surface area (Å²) in [7, 11) is 1.58. The Balaban J connectivity index is 1.67. The zero-order chi connectivity index (χ0) is 24.2. The standard InChI is InChI=1S/C28H26O6/c1-17(2)33-22-12-6-19(7-13-22)24(29)16-32-28-26(30)23-14-5-18(3)15-25(23)34-27(28)20-8-10-21(31-4)11-9-20/h5-15,17H,16H2,1-4H3. The van der Waals surface area contributed by atoms with Crippen molar-refractivity contribution in [3.63, 3.8) is 0 Å². The van der Waals surface area contributed by atoms with Gasteiger partial charge in [-0.2, -0.15) is 0 Å². The summed E-state index contributed by atoms with van der Waals surface area (Å²) in [6, 6.07) is 19.3.